The van der Waals surface area contributed by atoms with Gasteiger partial charge in [0.05, 0.1) is 17.0 Å². The van der Waals surface area contributed by atoms with Gasteiger partial charge in [-0.2, -0.15) is 0 Å². The molecule has 0 radical (unpaired) electrons. The smallest absolute Gasteiger partial charge is 0.269 e. The van der Waals surface area contributed by atoms with Gasteiger partial charge in [-0.05, 0) is 24.6 Å². The van der Waals surface area contributed by atoms with Crippen molar-refractivity contribution in [2.75, 3.05) is 0 Å². The second-order valence-corrected chi connectivity index (χ2v) is 4.99. The molecule has 0 fully saturated rings. The number of phenolic OH excluding ortho intramolecular Hbond substituents is 1. The molecule has 24 heavy (non-hydrogen) atoms. The van der Waals surface area contributed by atoms with Crippen LogP contribution in [0.5, 0.6) is 5.75 Å². The number of hydrogen-bond acceptors (Lipinski definition) is 5. The summed E-state index contributed by atoms with van der Waals surface area (Å²) in [4.78, 5) is 22.1. The summed E-state index contributed by atoms with van der Waals surface area (Å²) in [5.41, 5.74) is 7.07. The van der Waals surface area contributed by atoms with Crippen LogP contribution in [0.1, 0.15) is 18.1 Å². The lowest BCUT2D eigenvalue weighted by molar-refractivity contribution is -0.384. The Kier molecular flexibility index (Phi) is 5.51. The summed E-state index contributed by atoms with van der Waals surface area (Å²) in [7, 11) is 0. The molecule has 0 atom stereocenters. The van der Waals surface area contributed by atoms with Crippen molar-refractivity contribution >= 4 is 17.3 Å². The number of para-hydroxylation sites is 1. The van der Waals surface area contributed by atoms with Gasteiger partial charge in [-0.15, -0.1) is 0 Å². The number of nitro groups is 1. The molecule has 0 aromatic heterocycles. The van der Waals surface area contributed by atoms with E-state index in [1.165, 1.54) is 24.3 Å². The van der Waals surface area contributed by atoms with Crippen LogP contribution in [0.3, 0.4) is 0 Å². The summed E-state index contributed by atoms with van der Waals surface area (Å²) in [6, 6.07) is 12.6. The number of allylic oxidation sites excluding steroid dienone is 1. The fourth-order valence-electron chi connectivity index (χ4n) is 2.10. The quantitative estimate of drug-likeness (QED) is 0.558. The van der Waals surface area contributed by atoms with Crippen molar-refractivity contribution < 1.29 is 14.8 Å². The molecule has 2 rings (SSSR count). The molecule has 0 saturated carbocycles. The Bertz CT molecular complexity index is 770. The predicted molar refractivity (Wildman–Crippen MR) is 89.8 cm³/mol. The summed E-state index contributed by atoms with van der Waals surface area (Å²) in [5.74, 6) is -0.207. The lowest BCUT2D eigenvalue weighted by Crippen LogP contribution is -2.37. The topological polar surface area (TPSA) is 104 Å². The number of nitrogens with zero attached hydrogens (tertiary/aromatic N) is 1. The molecule has 0 aliphatic heterocycles. The lowest BCUT2D eigenvalue weighted by atomic mass is 10.1. The van der Waals surface area contributed by atoms with Crippen LogP contribution in [0.15, 0.2) is 54.6 Å². The Labute approximate surface area is 138 Å². The fraction of sp³-hybridized carbons (Fsp3) is 0.118. The second-order valence-electron chi connectivity index (χ2n) is 4.99. The average molecular weight is 327 g/mol. The van der Waals surface area contributed by atoms with Crippen LogP contribution in [-0.4, -0.2) is 15.9 Å². The average Bonchev–Trinajstić information content (AvgIpc) is 2.57. The first-order chi connectivity index (χ1) is 11.5. The van der Waals surface area contributed by atoms with Crippen molar-refractivity contribution in [2.45, 2.75) is 13.3 Å². The zero-order chi connectivity index (χ0) is 17.5. The highest BCUT2D eigenvalue weighted by molar-refractivity contribution is 5.80. The molecule has 0 unspecified atom stereocenters. The first kappa shape index (κ1) is 17.0. The van der Waals surface area contributed by atoms with Crippen molar-refractivity contribution in [3.63, 3.8) is 0 Å². The molecule has 0 spiro atoms. The molecule has 2 aromatic carbocycles. The lowest BCUT2D eigenvalue weighted by Gasteiger charge is -2.13. The minimum absolute atomic E-state index is 0.0203. The summed E-state index contributed by atoms with van der Waals surface area (Å²) < 4.78 is 0. The van der Waals surface area contributed by atoms with Crippen LogP contribution < -0.4 is 10.9 Å². The molecular weight excluding hydrogens is 310 g/mol. The maximum Gasteiger partial charge on any atom is 0.269 e. The van der Waals surface area contributed by atoms with Crippen LogP contribution >= 0.6 is 0 Å². The van der Waals surface area contributed by atoms with Crippen molar-refractivity contribution in [3.8, 4) is 5.75 Å². The van der Waals surface area contributed by atoms with Crippen LogP contribution in [-0.2, 0) is 11.2 Å². The third kappa shape index (κ3) is 4.33. The van der Waals surface area contributed by atoms with E-state index in [0.29, 0.717) is 16.8 Å². The van der Waals surface area contributed by atoms with Gasteiger partial charge in [0.1, 0.15) is 5.75 Å². The monoisotopic (exact) mass is 327 g/mol. The summed E-state index contributed by atoms with van der Waals surface area (Å²) >= 11 is 0. The number of nitrogens with one attached hydrogen (secondary N) is 2. The number of carbonyl (C=O) groups is 1. The van der Waals surface area contributed by atoms with E-state index >= 15 is 0 Å². The van der Waals surface area contributed by atoms with Crippen LogP contribution in [0.4, 0.5) is 5.69 Å². The summed E-state index contributed by atoms with van der Waals surface area (Å²) in [5, 5.41) is 20.4. The molecule has 7 heteroatoms. The van der Waals surface area contributed by atoms with Gasteiger partial charge in [0, 0.05) is 17.7 Å². The number of rotatable bonds is 6. The van der Waals surface area contributed by atoms with Gasteiger partial charge < -0.3 is 5.11 Å². The highest BCUT2D eigenvalue weighted by Gasteiger charge is 2.09. The number of aromatic hydroxyl groups is 1. The van der Waals surface area contributed by atoms with Gasteiger partial charge in [0.15, 0.2) is 0 Å². The van der Waals surface area contributed by atoms with E-state index in [-0.39, 0.29) is 23.8 Å². The van der Waals surface area contributed by atoms with Gasteiger partial charge in [0.2, 0.25) is 5.91 Å². The Morgan fingerprint density at radius 1 is 1.17 bits per heavy atom. The molecule has 0 aliphatic rings. The van der Waals surface area contributed by atoms with Gasteiger partial charge >= 0.3 is 0 Å². The van der Waals surface area contributed by atoms with E-state index in [1.807, 2.05) is 0 Å². The maximum absolute atomic E-state index is 12.0. The molecule has 0 bridgehead atoms. The van der Waals surface area contributed by atoms with E-state index in [9.17, 15) is 20.0 Å². The van der Waals surface area contributed by atoms with E-state index < -0.39 is 4.92 Å². The third-order valence-corrected chi connectivity index (χ3v) is 3.33. The molecule has 2 aromatic rings. The highest BCUT2D eigenvalue weighted by Crippen LogP contribution is 2.22. The molecule has 7 nitrogen and oxygen atoms in total. The second kappa shape index (κ2) is 7.77. The predicted octanol–water partition coefficient (Wildman–Crippen LogP) is 2.52. The molecule has 0 aliphatic carbocycles. The number of benzene rings is 2. The minimum atomic E-state index is -0.490. The number of non-ortho nitro benzene ring substituents is 1. The Morgan fingerprint density at radius 3 is 2.42 bits per heavy atom. The van der Waals surface area contributed by atoms with E-state index in [0.717, 1.165) is 0 Å². The van der Waals surface area contributed by atoms with E-state index in [4.69, 9.17) is 0 Å². The largest absolute Gasteiger partial charge is 0.507 e. The van der Waals surface area contributed by atoms with Crippen molar-refractivity contribution in [3.05, 3.63) is 75.8 Å². The Hall–Kier alpha value is -3.35. The Balaban J connectivity index is 1.95. The molecule has 124 valence electrons. The minimum Gasteiger partial charge on any atom is -0.507 e. The van der Waals surface area contributed by atoms with Gasteiger partial charge in [-0.1, -0.05) is 30.3 Å². The van der Waals surface area contributed by atoms with E-state index in [2.05, 4.69) is 10.9 Å². The molecule has 0 saturated heterocycles. The van der Waals surface area contributed by atoms with Crippen LogP contribution in [0, 0.1) is 10.1 Å². The van der Waals surface area contributed by atoms with E-state index in [1.54, 1.807) is 37.3 Å². The fourth-order valence-corrected chi connectivity index (χ4v) is 2.10. The normalized spacial score (nSPS) is 11.0. The summed E-state index contributed by atoms with van der Waals surface area (Å²) in [6.07, 6.45) is 1.80. The first-order valence-corrected chi connectivity index (χ1v) is 7.24. The van der Waals surface area contributed by atoms with Gasteiger partial charge in [0.25, 0.3) is 5.69 Å². The standard InChI is InChI=1S/C17H17N3O4/c1-2-15(14-5-3-4-6-16(14)21)18-19-17(22)11-12-7-9-13(10-8-12)20(23)24/h2-10,18,21H,11H2,1H3,(H,19,22). The van der Waals surface area contributed by atoms with Crippen LogP contribution in [0.2, 0.25) is 0 Å². The number of phenols is 1. The number of carbonyl (C=O) groups excluding carboxylic acids is 1. The number of nitro benzene ring substituents is 1. The zero-order valence-electron chi connectivity index (χ0n) is 13.0. The van der Waals surface area contributed by atoms with Gasteiger partial charge in [-0.25, -0.2) is 0 Å². The van der Waals surface area contributed by atoms with Crippen LogP contribution in [0.25, 0.3) is 5.70 Å². The maximum atomic E-state index is 12.0. The zero-order valence-corrected chi connectivity index (χ0v) is 13.0. The molecule has 3 N–H and O–H groups in total. The summed E-state index contributed by atoms with van der Waals surface area (Å²) in [6.45, 7) is 1.78. The van der Waals surface area contributed by atoms with Crippen molar-refractivity contribution in [1.29, 1.82) is 0 Å². The SMILES string of the molecule is CC=C(NNC(=O)Cc1ccc([N+](=O)[O-])cc1)c1ccccc1O. The molecule has 1 amide bonds. The van der Waals surface area contributed by atoms with Crippen molar-refractivity contribution in [1.82, 2.24) is 10.9 Å². The highest BCUT2D eigenvalue weighted by atomic mass is 16.6. The molecular formula is C17H17N3O4. The number of hydrogen-bond donors (Lipinski definition) is 3. The molecule has 0 heterocycles. The Morgan fingerprint density at radius 2 is 1.83 bits per heavy atom. The first-order valence-electron chi connectivity index (χ1n) is 7.24. The van der Waals surface area contributed by atoms with Crippen molar-refractivity contribution in [2.24, 2.45) is 0 Å². The number of hydrazine groups is 1. The number of amides is 1. The van der Waals surface area contributed by atoms with Gasteiger partial charge in [-0.3, -0.25) is 25.8 Å². The third-order valence-electron chi connectivity index (χ3n) is 3.33.